The number of nitrogens with one attached hydrogen (secondary N) is 1. The van der Waals surface area contributed by atoms with Gasteiger partial charge in [-0.25, -0.2) is 0 Å². The monoisotopic (exact) mass is 429 g/mol. The van der Waals surface area contributed by atoms with Crippen LogP contribution in [0.3, 0.4) is 0 Å². The van der Waals surface area contributed by atoms with Gasteiger partial charge in [-0.2, -0.15) is 0 Å². The van der Waals surface area contributed by atoms with Crippen LogP contribution in [-0.4, -0.2) is 25.2 Å². The molecule has 2 aromatic carbocycles. The molecular weight excluding hydrogens is 398 g/mol. The molecule has 1 N–H and O–H groups in total. The number of carbonyl (C=O) groups is 1. The fourth-order valence-electron chi connectivity index (χ4n) is 4.09. The molecule has 162 valence electrons. The van der Waals surface area contributed by atoms with Crippen molar-refractivity contribution in [2.24, 2.45) is 11.8 Å². The second kappa shape index (κ2) is 10.3. The first kappa shape index (κ1) is 22.6. The van der Waals surface area contributed by atoms with E-state index in [1.54, 1.807) is 0 Å². The molecule has 0 unspecified atom stereocenters. The zero-order valence-electron chi connectivity index (χ0n) is 18.2. The molecule has 1 aliphatic heterocycles. The van der Waals surface area contributed by atoms with Crippen LogP contribution in [0.2, 0.25) is 5.02 Å². The third kappa shape index (κ3) is 5.99. The van der Waals surface area contributed by atoms with Crippen molar-refractivity contribution < 1.29 is 14.3 Å². The van der Waals surface area contributed by atoms with Gasteiger partial charge in [-0.05, 0) is 67.5 Å². The first-order valence-corrected chi connectivity index (χ1v) is 11.1. The number of ether oxygens (including phenoxy) is 2. The predicted molar refractivity (Wildman–Crippen MR) is 121 cm³/mol. The van der Waals surface area contributed by atoms with Crippen LogP contribution >= 0.6 is 11.6 Å². The number of amides is 1. The second-order valence-electron chi connectivity index (χ2n) is 8.73. The maximum Gasteiger partial charge on any atom is 0.258 e. The van der Waals surface area contributed by atoms with Gasteiger partial charge in [0.1, 0.15) is 5.75 Å². The highest BCUT2D eigenvalue weighted by molar-refractivity contribution is 6.30. The third-order valence-electron chi connectivity index (χ3n) is 5.63. The Kier molecular flexibility index (Phi) is 7.79. The van der Waals surface area contributed by atoms with Crippen LogP contribution in [0.5, 0.6) is 5.75 Å². The third-order valence-corrected chi connectivity index (χ3v) is 5.88. The maximum atomic E-state index is 11.9. The Labute approximate surface area is 184 Å². The molecule has 0 saturated carbocycles. The molecule has 4 nitrogen and oxygen atoms in total. The summed E-state index contributed by atoms with van der Waals surface area (Å²) in [6, 6.07) is 16.1. The van der Waals surface area contributed by atoms with E-state index < -0.39 is 0 Å². The van der Waals surface area contributed by atoms with Gasteiger partial charge in [0.05, 0.1) is 12.7 Å². The number of hydrogen-bond acceptors (Lipinski definition) is 3. The molecule has 3 atom stereocenters. The van der Waals surface area contributed by atoms with Crippen molar-refractivity contribution in [2.45, 2.75) is 52.2 Å². The standard InChI is InChI=1S/C25H32ClNO3/c1-16(2)23-13-20(18-8-10-21(26)11-9-18)14-30-25(23)19-6-5-7-22(12-19)29-15-24(28)27-17(3)4/h5-12,16-17,20,23,25H,13-15H2,1-4H3,(H,27,28)/t20-,23-,25-/m0/s1. The zero-order valence-corrected chi connectivity index (χ0v) is 19.0. The molecule has 1 fully saturated rings. The molecule has 0 aliphatic carbocycles. The SMILES string of the molecule is CC(C)NC(=O)COc1cccc([C@@H]2OC[C@@H](c3ccc(Cl)cc3)C[C@H]2C(C)C)c1. The molecule has 0 bridgehead atoms. The van der Waals surface area contributed by atoms with E-state index in [4.69, 9.17) is 21.1 Å². The summed E-state index contributed by atoms with van der Waals surface area (Å²) in [6.45, 7) is 9.06. The summed E-state index contributed by atoms with van der Waals surface area (Å²) >= 11 is 6.05. The lowest BCUT2D eigenvalue weighted by atomic mass is 9.76. The van der Waals surface area contributed by atoms with Gasteiger partial charge in [-0.3, -0.25) is 4.79 Å². The Morgan fingerprint density at radius 1 is 1.13 bits per heavy atom. The smallest absolute Gasteiger partial charge is 0.258 e. The summed E-state index contributed by atoms with van der Waals surface area (Å²) in [5.41, 5.74) is 2.38. The molecule has 0 radical (unpaired) electrons. The molecule has 2 aromatic rings. The highest BCUT2D eigenvalue weighted by Crippen LogP contribution is 2.44. The molecule has 30 heavy (non-hydrogen) atoms. The van der Waals surface area contributed by atoms with Crippen LogP contribution in [-0.2, 0) is 9.53 Å². The van der Waals surface area contributed by atoms with Crippen molar-refractivity contribution in [1.82, 2.24) is 5.32 Å². The molecule has 0 aromatic heterocycles. The predicted octanol–water partition coefficient (Wildman–Crippen LogP) is 5.76. The van der Waals surface area contributed by atoms with Gasteiger partial charge < -0.3 is 14.8 Å². The molecule has 0 spiro atoms. The highest BCUT2D eigenvalue weighted by Gasteiger charge is 2.35. The van der Waals surface area contributed by atoms with Gasteiger partial charge >= 0.3 is 0 Å². The Morgan fingerprint density at radius 2 is 1.87 bits per heavy atom. The fraction of sp³-hybridized carbons (Fsp3) is 0.480. The summed E-state index contributed by atoms with van der Waals surface area (Å²) in [5, 5.41) is 3.60. The van der Waals surface area contributed by atoms with Crippen molar-refractivity contribution in [1.29, 1.82) is 0 Å². The zero-order chi connectivity index (χ0) is 21.7. The summed E-state index contributed by atoms with van der Waals surface area (Å²) < 4.78 is 12.1. The molecule has 1 saturated heterocycles. The number of benzene rings is 2. The first-order chi connectivity index (χ1) is 14.3. The summed E-state index contributed by atoms with van der Waals surface area (Å²) in [4.78, 5) is 11.9. The highest BCUT2D eigenvalue weighted by atomic mass is 35.5. The van der Waals surface area contributed by atoms with Crippen LogP contribution in [0.4, 0.5) is 0 Å². The lowest BCUT2D eigenvalue weighted by Crippen LogP contribution is -2.34. The van der Waals surface area contributed by atoms with Crippen LogP contribution in [0.25, 0.3) is 0 Å². The topological polar surface area (TPSA) is 47.6 Å². The van der Waals surface area contributed by atoms with E-state index in [2.05, 4.69) is 37.4 Å². The summed E-state index contributed by atoms with van der Waals surface area (Å²) in [7, 11) is 0. The Bertz CT molecular complexity index is 835. The van der Waals surface area contributed by atoms with E-state index in [0.717, 1.165) is 17.0 Å². The number of halogens is 1. The Balaban J connectivity index is 1.70. The quantitative estimate of drug-likeness (QED) is 0.608. The summed E-state index contributed by atoms with van der Waals surface area (Å²) in [6.07, 6.45) is 1.08. The van der Waals surface area contributed by atoms with E-state index in [0.29, 0.717) is 30.1 Å². The van der Waals surface area contributed by atoms with Crippen molar-refractivity contribution in [3.05, 3.63) is 64.7 Å². The molecule has 3 rings (SSSR count). The lowest BCUT2D eigenvalue weighted by Gasteiger charge is -2.39. The number of rotatable bonds is 7. The molecule has 1 heterocycles. The van der Waals surface area contributed by atoms with E-state index in [1.807, 2.05) is 44.2 Å². The Morgan fingerprint density at radius 3 is 2.53 bits per heavy atom. The molecule has 5 heteroatoms. The van der Waals surface area contributed by atoms with E-state index >= 15 is 0 Å². The van der Waals surface area contributed by atoms with Crippen molar-refractivity contribution in [3.63, 3.8) is 0 Å². The summed E-state index contributed by atoms with van der Waals surface area (Å²) in [5.74, 6) is 1.81. The molecule has 1 aliphatic rings. The van der Waals surface area contributed by atoms with Crippen molar-refractivity contribution >= 4 is 17.5 Å². The van der Waals surface area contributed by atoms with Gasteiger partial charge in [0.2, 0.25) is 0 Å². The van der Waals surface area contributed by atoms with Crippen molar-refractivity contribution in [3.8, 4) is 5.75 Å². The maximum absolute atomic E-state index is 11.9. The van der Waals surface area contributed by atoms with E-state index in [9.17, 15) is 4.79 Å². The van der Waals surface area contributed by atoms with Gasteiger partial charge in [-0.1, -0.05) is 49.7 Å². The van der Waals surface area contributed by atoms with Gasteiger partial charge in [0.15, 0.2) is 6.61 Å². The van der Waals surface area contributed by atoms with E-state index in [-0.39, 0.29) is 24.7 Å². The first-order valence-electron chi connectivity index (χ1n) is 10.7. The second-order valence-corrected chi connectivity index (χ2v) is 9.17. The van der Waals surface area contributed by atoms with Crippen LogP contribution in [0.1, 0.15) is 57.3 Å². The van der Waals surface area contributed by atoms with Crippen molar-refractivity contribution in [2.75, 3.05) is 13.2 Å². The van der Waals surface area contributed by atoms with Gasteiger partial charge in [-0.15, -0.1) is 0 Å². The van der Waals surface area contributed by atoms with Gasteiger partial charge in [0.25, 0.3) is 5.91 Å². The largest absolute Gasteiger partial charge is 0.484 e. The lowest BCUT2D eigenvalue weighted by molar-refractivity contribution is -0.123. The molecular formula is C25H32ClNO3. The number of hydrogen-bond donors (Lipinski definition) is 1. The van der Waals surface area contributed by atoms with Gasteiger partial charge in [0, 0.05) is 17.0 Å². The van der Waals surface area contributed by atoms with E-state index in [1.165, 1.54) is 5.56 Å². The van der Waals surface area contributed by atoms with Crippen LogP contribution in [0.15, 0.2) is 48.5 Å². The van der Waals surface area contributed by atoms with Crippen LogP contribution < -0.4 is 10.1 Å². The minimum Gasteiger partial charge on any atom is -0.484 e. The average Bonchev–Trinajstić information content (AvgIpc) is 2.72. The average molecular weight is 430 g/mol. The molecule has 1 amide bonds. The number of carbonyl (C=O) groups excluding carboxylic acids is 1. The van der Waals surface area contributed by atoms with Crippen LogP contribution in [0, 0.1) is 11.8 Å². The minimum atomic E-state index is -0.116. The Hall–Kier alpha value is -2.04. The minimum absolute atomic E-state index is 0.0133. The normalized spacial score (nSPS) is 21.6. The fourth-order valence-corrected chi connectivity index (χ4v) is 4.22.